The third kappa shape index (κ3) is 4.72. The molecule has 7 nitrogen and oxygen atoms in total. The Balaban J connectivity index is 1.42. The van der Waals surface area contributed by atoms with Crippen LogP contribution in [0, 0.1) is 0 Å². The zero-order valence-corrected chi connectivity index (χ0v) is 19.6. The average molecular weight is 438 g/mol. The lowest BCUT2D eigenvalue weighted by Gasteiger charge is -2.28. The molecule has 0 N–H and O–H groups in total. The van der Waals surface area contributed by atoms with Crippen LogP contribution in [0.5, 0.6) is 0 Å². The number of aryl methyl sites for hydroxylation is 1. The maximum absolute atomic E-state index is 13.0. The second-order valence-electron chi connectivity index (χ2n) is 9.13. The Hall–Kier alpha value is -2.67. The lowest BCUT2D eigenvalue weighted by molar-refractivity contribution is 0.0779. The average Bonchev–Trinajstić information content (AvgIpc) is 3.45. The molecule has 0 bridgehead atoms. The van der Waals surface area contributed by atoms with Gasteiger partial charge in [0.25, 0.3) is 11.8 Å². The molecule has 4 rings (SSSR count). The van der Waals surface area contributed by atoms with E-state index in [9.17, 15) is 9.59 Å². The van der Waals surface area contributed by atoms with Gasteiger partial charge in [0.05, 0.1) is 0 Å². The second-order valence-corrected chi connectivity index (χ2v) is 9.13. The first-order valence-corrected chi connectivity index (χ1v) is 11.9. The van der Waals surface area contributed by atoms with Gasteiger partial charge < -0.3 is 9.80 Å². The quantitative estimate of drug-likeness (QED) is 0.668. The van der Waals surface area contributed by atoms with E-state index in [1.54, 1.807) is 4.90 Å². The number of aromatic nitrogens is 2. The predicted molar refractivity (Wildman–Crippen MR) is 124 cm³/mol. The highest BCUT2D eigenvalue weighted by Gasteiger charge is 2.30. The van der Waals surface area contributed by atoms with Crippen molar-refractivity contribution < 1.29 is 9.59 Å². The lowest BCUT2D eigenvalue weighted by atomic mass is 10.0. The minimum atomic E-state index is 0.0769. The fraction of sp³-hybridized carbons (Fsp3) is 0.560. The van der Waals surface area contributed by atoms with E-state index < -0.39 is 0 Å². The highest BCUT2D eigenvalue weighted by atomic mass is 16.2. The molecular weight excluding hydrogens is 402 g/mol. The van der Waals surface area contributed by atoms with Crippen molar-refractivity contribution in [2.24, 2.45) is 7.05 Å². The van der Waals surface area contributed by atoms with Crippen molar-refractivity contribution >= 4 is 11.8 Å². The van der Waals surface area contributed by atoms with Crippen LogP contribution in [0.2, 0.25) is 0 Å². The van der Waals surface area contributed by atoms with Crippen LogP contribution in [0.4, 0.5) is 0 Å². The number of fused-ring (bicyclic) bond motifs is 1. The number of benzene rings is 1. The Bertz CT molecular complexity index is 959. The normalized spacial score (nSPS) is 16.3. The molecule has 1 saturated heterocycles. The van der Waals surface area contributed by atoms with Crippen molar-refractivity contribution in [2.75, 3.05) is 33.2 Å². The van der Waals surface area contributed by atoms with Gasteiger partial charge in [-0.15, -0.1) is 0 Å². The summed E-state index contributed by atoms with van der Waals surface area (Å²) in [6.07, 6.45) is 5.16. The summed E-state index contributed by atoms with van der Waals surface area (Å²) in [4.78, 5) is 31.7. The number of carbonyl (C=O) groups excluding carboxylic acids is 2. The van der Waals surface area contributed by atoms with Gasteiger partial charge in [-0.1, -0.05) is 25.5 Å². The van der Waals surface area contributed by atoms with Crippen molar-refractivity contribution in [3.8, 4) is 0 Å². The van der Waals surface area contributed by atoms with Gasteiger partial charge in [-0.25, -0.2) is 0 Å². The lowest BCUT2D eigenvalue weighted by Crippen LogP contribution is -2.33. The summed E-state index contributed by atoms with van der Waals surface area (Å²) in [5, 5.41) is 4.60. The van der Waals surface area contributed by atoms with Crippen molar-refractivity contribution in [3.63, 3.8) is 0 Å². The van der Waals surface area contributed by atoms with Gasteiger partial charge in [-0.05, 0) is 37.0 Å². The maximum atomic E-state index is 13.0. The fourth-order valence-electron chi connectivity index (χ4n) is 4.75. The number of nitrogens with zero attached hydrogens (tertiary/aromatic N) is 5. The van der Waals surface area contributed by atoms with E-state index in [4.69, 9.17) is 0 Å². The van der Waals surface area contributed by atoms with Crippen molar-refractivity contribution in [1.29, 1.82) is 0 Å². The van der Waals surface area contributed by atoms with Gasteiger partial charge in [-0.2, -0.15) is 5.10 Å². The predicted octanol–water partition coefficient (Wildman–Crippen LogP) is 3.09. The first-order chi connectivity index (χ1) is 15.5. The number of rotatable bonds is 7. The molecule has 0 spiro atoms. The van der Waals surface area contributed by atoms with Crippen molar-refractivity contribution in [3.05, 3.63) is 52.3 Å². The van der Waals surface area contributed by atoms with Crippen LogP contribution in [0.3, 0.4) is 0 Å². The van der Waals surface area contributed by atoms with Gasteiger partial charge in [0, 0.05) is 76.6 Å². The highest BCUT2D eigenvalue weighted by Crippen LogP contribution is 2.25. The number of carbonyl (C=O) groups is 2. The van der Waals surface area contributed by atoms with Gasteiger partial charge in [-0.3, -0.25) is 19.2 Å². The van der Waals surface area contributed by atoms with E-state index >= 15 is 0 Å². The molecule has 0 radical (unpaired) electrons. The third-order valence-electron chi connectivity index (χ3n) is 6.72. The molecule has 0 aliphatic carbocycles. The highest BCUT2D eigenvalue weighted by molar-refractivity contribution is 5.94. The van der Waals surface area contributed by atoms with E-state index in [-0.39, 0.29) is 11.8 Å². The Kier molecular flexibility index (Phi) is 6.94. The summed E-state index contributed by atoms with van der Waals surface area (Å²) < 4.78 is 1.89. The summed E-state index contributed by atoms with van der Waals surface area (Å²) in [6.45, 7) is 7.07. The van der Waals surface area contributed by atoms with Crippen LogP contribution in [-0.4, -0.2) is 69.5 Å². The number of unbranched alkanes of at least 4 members (excludes halogenated alkanes) is 1. The van der Waals surface area contributed by atoms with E-state index in [0.29, 0.717) is 5.69 Å². The first kappa shape index (κ1) is 22.5. The molecule has 7 heteroatoms. The minimum Gasteiger partial charge on any atom is -0.342 e. The molecule has 1 fully saturated rings. The van der Waals surface area contributed by atoms with E-state index in [0.717, 1.165) is 82.5 Å². The summed E-state index contributed by atoms with van der Waals surface area (Å²) in [5.41, 5.74) is 4.81. The summed E-state index contributed by atoms with van der Waals surface area (Å²) >= 11 is 0. The van der Waals surface area contributed by atoms with Crippen LogP contribution in [0.15, 0.2) is 24.3 Å². The fourth-order valence-corrected chi connectivity index (χ4v) is 4.75. The molecule has 0 saturated carbocycles. The van der Waals surface area contributed by atoms with Crippen LogP contribution in [0.1, 0.15) is 70.3 Å². The molecule has 0 atom stereocenters. The summed E-state index contributed by atoms with van der Waals surface area (Å²) in [6, 6.07) is 7.97. The maximum Gasteiger partial charge on any atom is 0.274 e. The molecule has 32 heavy (non-hydrogen) atoms. The van der Waals surface area contributed by atoms with E-state index in [2.05, 4.69) is 29.1 Å². The number of hydrogen-bond donors (Lipinski definition) is 0. The van der Waals surface area contributed by atoms with Gasteiger partial charge in [0.1, 0.15) is 0 Å². The van der Waals surface area contributed by atoms with Crippen LogP contribution in [-0.2, 0) is 26.6 Å². The Labute approximate surface area is 191 Å². The summed E-state index contributed by atoms with van der Waals surface area (Å²) in [7, 11) is 3.81. The first-order valence-electron chi connectivity index (χ1n) is 11.9. The zero-order valence-electron chi connectivity index (χ0n) is 19.6. The molecule has 3 heterocycles. The van der Waals surface area contributed by atoms with Crippen molar-refractivity contribution in [1.82, 2.24) is 24.5 Å². The largest absolute Gasteiger partial charge is 0.342 e. The molecule has 1 aromatic carbocycles. The smallest absolute Gasteiger partial charge is 0.274 e. The molecule has 1 aromatic heterocycles. The topological polar surface area (TPSA) is 61.7 Å². The third-order valence-corrected chi connectivity index (χ3v) is 6.72. The van der Waals surface area contributed by atoms with Gasteiger partial charge in [0.2, 0.25) is 0 Å². The number of likely N-dealkylation sites (tertiary alicyclic amines) is 1. The molecular formula is C25H35N5O2. The Morgan fingerprint density at radius 3 is 2.50 bits per heavy atom. The molecule has 2 aliphatic heterocycles. The van der Waals surface area contributed by atoms with Crippen LogP contribution in [0.25, 0.3) is 0 Å². The molecule has 2 aromatic rings. The second kappa shape index (κ2) is 9.86. The monoisotopic (exact) mass is 437 g/mol. The number of amides is 2. The number of hydrogen-bond acceptors (Lipinski definition) is 4. The van der Waals surface area contributed by atoms with Crippen LogP contribution >= 0.6 is 0 Å². The zero-order chi connectivity index (χ0) is 22.7. The Morgan fingerprint density at radius 2 is 1.81 bits per heavy atom. The van der Waals surface area contributed by atoms with E-state index in [1.165, 1.54) is 11.3 Å². The molecule has 2 amide bonds. The summed E-state index contributed by atoms with van der Waals surface area (Å²) in [5.74, 6) is 0.157. The standard InChI is InChI=1S/C25H35N5O2/c1-4-5-13-27(2)24(31)20-10-8-19(9-11-20)17-29-16-12-22-21(18-29)23(26-28(22)3)25(32)30-14-6-7-15-30/h8-11H,4-7,12-18H2,1-3H3. The van der Waals surface area contributed by atoms with E-state index in [1.807, 2.05) is 35.8 Å². The van der Waals surface area contributed by atoms with Crippen molar-refractivity contribution in [2.45, 2.75) is 52.1 Å². The SMILES string of the molecule is CCCCN(C)C(=O)c1ccc(CN2CCc3c(c(C(=O)N4CCCC4)nn3C)C2)cc1. The Morgan fingerprint density at radius 1 is 1.09 bits per heavy atom. The molecule has 172 valence electrons. The minimum absolute atomic E-state index is 0.0769. The molecule has 0 unspecified atom stereocenters. The van der Waals surface area contributed by atoms with Crippen LogP contribution < -0.4 is 0 Å². The molecule has 2 aliphatic rings. The van der Waals surface area contributed by atoms with Gasteiger partial charge in [0.15, 0.2) is 5.69 Å². The van der Waals surface area contributed by atoms with Gasteiger partial charge >= 0.3 is 0 Å².